The van der Waals surface area contributed by atoms with Gasteiger partial charge in [-0.1, -0.05) is 24.3 Å². The topological polar surface area (TPSA) is 88.4 Å². The lowest BCUT2D eigenvalue weighted by molar-refractivity contribution is -0.122. The minimum atomic E-state index is -1.04. The van der Waals surface area contributed by atoms with Crippen molar-refractivity contribution in [3.8, 4) is 11.5 Å². The summed E-state index contributed by atoms with van der Waals surface area (Å²) in [5.74, 6) is -0.543. The van der Waals surface area contributed by atoms with Crippen LogP contribution < -0.4 is 9.47 Å². The van der Waals surface area contributed by atoms with Crippen molar-refractivity contribution in [2.75, 3.05) is 13.2 Å². The average molecular weight is 521 g/mol. The molecule has 0 unspecified atom stereocenters. The van der Waals surface area contributed by atoms with Crippen molar-refractivity contribution in [1.29, 1.82) is 0 Å². The molecule has 4 rings (SSSR count). The predicted octanol–water partition coefficient (Wildman–Crippen LogP) is 6.13. The van der Waals surface area contributed by atoms with Crippen LogP contribution in [0.1, 0.15) is 35.3 Å². The number of carboxylic acid groups (broad SMARTS) is 1. The van der Waals surface area contributed by atoms with E-state index in [1.807, 2.05) is 19.9 Å². The normalized spacial score (nSPS) is 15.4. The number of hydrogen-bond donors (Lipinski definition) is 1. The molecule has 0 saturated carbocycles. The van der Waals surface area contributed by atoms with Gasteiger partial charge in [-0.05, 0) is 85.3 Å². The Hall–Kier alpha value is -4.11. The Labute approximate surface area is 218 Å². The highest BCUT2D eigenvalue weighted by molar-refractivity contribution is 8.18. The van der Waals surface area contributed by atoms with Gasteiger partial charge in [0.2, 0.25) is 0 Å². The van der Waals surface area contributed by atoms with Gasteiger partial charge in [0, 0.05) is 6.54 Å². The van der Waals surface area contributed by atoms with Crippen LogP contribution in [0.4, 0.5) is 10.1 Å². The number of rotatable bonds is 9. The van der Waals surface area contributed by atoms with E-state index in [1.165, 1.54) is 36.0 Å². The van der Waals surface area contributed by atoms with Crippen molar-refractivity contribution in [1.82, 2.24) is 4.90 Å². The number of likely N-dealkylation sites (N-methyl/N-ethyl adjacent to an activating group) is 1. The van der Waals surface area contributed by atoms with Crippen molar-refractivity contribution in [3.63, 3.8) is 0 Å². The number of carboxylic acids is 1. The van der Waals surface area contributed by atoms with E-state index in [-0.39, 0.29) is 23.9 Å². The SMILES string of the molecule is CCOc1cc(C=C2SC(=Nc3cccc(C(=O)O)c3)N(CC)C2=O)ccc1OCc1cccc(F)c1. The smallest absolute Gasteiger partial charge is 0.335 e. The number of amides is 1. The molecule has 9 heteroatoms. The Bertz CT molecular complexity index is 1390. The van der Waals surface area contributed by atoms with Crippen LogP contribution in [0.15, 0.2) is 76.6 Å². The van der Waals surface area contributed by atoms with Gasteiger partial charge in [-0.3, -0.25) is 9.69 Å². The third-order valence-corrected chi connectivity index (χ3v) is 6.38. The van der Waals surface area contributed by atoms with Gasteiger partial charge < -0.3 is 14.6 Å². The second kappa shape index (κ2) is 11.7. The molecule has 1 aliphatic rings. The van der Waals surface area contributed by atoms with Crippen molar-refractivity contribution in [2.45, 2.75) is 20.5 Å². The van der Waals surface area contributed by atoms with E-state index in [9.17, 15) is 19.1 Å². The van der Waals surface area contributed by atoms with Crippen molar-refractivity contribution >= 4 is 40.6 Å². The lowest BCUT2D eigenvalue weighted by atomic mass is 10.1. The molecule has 7 nitrogen and oxygen atoms in total. The van der Waals surface area contributed by atoms with E-state index >= 15 is 0 Å². The molecule has 0 bridgehead atoms. The first-order valence-electron chi connectivity index (χ1n) is 11.7. The summed E-state index contributed by atoms with van der Waals surface area (Å²) in [7, 11) is 0. The summed E-state index contributed by atoms with van der Waals surface area (Å²) in [6.07, 6.45) is 1.75. The van der Waals surface area contributed by atoms with Crippen LogP contribution in [-0.4, -0.2) is 40.2 Å². The summed E-state index contributed by atoms with van der Waals surface area (Å²) in [4.78, 5) is 30.9. The molecule has 3 aromatic rings. The molecule has 190 valence electrons. The van der Waals surface area contributed by atoms with Crippen LogP contribution in [-0.2, 0) is 11.4 Å². The number of amidine groups is 1. The molecule has 0 aliphatic carbocycles. The average Bonchev–Trinajstić information content (AvgIpc) is 3.17. The Morgan fingerprint density at radius 3 is 2.59 bits per heavy atom. The van der Waals surface area contributed by atoms with Crippen molar-refractivity contribution < 1.29 is 28.6 Å². The molecule has 0 atom stereocenters. The zero-order valence-corrected chi connectivity index (χ0v) is 21.1. The van der Waals surface area contributed by atoms with Crippen LogP contribution in [0.5, 0.6) is 11.5 Å². The summed E-state index contributed by atoms with van der Waals surface area (Å²) in [5, 5.41) is 9.71. The van der Waals surface area contributed by atoms with E-state index in [0.717, 1.165) is 5.56 Å². The Morgan fingerprint density at radius 1 is 1.05 bits per heavy atom. The van der Waals surface area contributed by atoms with E-state index in [2.05, 4.69) is 4.99 Å². The quantitative estimate of drug-likeness (QED) is 0.342. The molecular weight excluding hydrogens is 495 g/mol. The predicted molar refractivity (Wildman–Crippen MR) is 142 cm³/mol. The van der Waals surface area contributed by atoms with Gasteiger partial charge >= 0.3 is 5.97 Å². The van der Waals surface area contributed by atoms with Gasteiger partial charge in [-0.25, -0.2) is 14.2 Å². The standard InChI is InChI=1S/C28H25FN2O5S/c1-3-31-26(32)25(37-28(31)30-22-10-6-8-20(16-22)27(33)34)15-18-11-12-23(24(14-18)35-4-2)36-17-19-7-5-9-21(29)13-19/h5-16H,3-4,17H2,1-2H3,(H,33,34). The van der Waals surface area contributed by atoms with Gasteiger partial charge in [0.05, 0.1) is 22.8 Å². The molecule has 37 heavy (non-hydrogen) atoms. The Morgan fingerprint density at radius 2 is 1.86 bits per heavy atom. The molecule has 0 aromatic heterocycles. The van der Waals surface area contributed by atoms with E-state index < -0.39 is 5.97 Å². The van der Waals surface area contributed by atoms with Crippen LogP contribution >= 0.6 is 11.8 Å². The van der Waals surface area contributed by atoms with E-state index in [1.54, 1.807) is 47.4 Å². The van der Waals surface area contributed by atoms with Crippen LogP contribution in [0, 0.1) is 5.82 Å². The fourth-order valence-corrected chi connectivity index (χ4v) is 4.69. The van der Waals surface area contributed by atoms with E-state index in [0.29, 0.717) is 46.0 Å². The molecule has 1 aliphatic heterocycles. The fourth-order valence-electron chi connectivity index (χ4n) is 3.63. The summed E-state index contributed by atoms with van der Waals surface area (Å²) >= 11 is 1.22. The van der Waals surface area contributed by atoms with Gasteiger partial charge in [-0.15, -0.1) is 0 Å². The Balaban J connectivity index is 1.57. The minimum absolute atomic E-state index is 0.123. The maximum absolute atomic E-state index is 13.5. The minimum Gasteiger partial charge on any atom is -0.490 e. The number of nitrogens with zero attached hydrogens (tertiary/aromatic N) is 2. The molecular formula is C28H25FN2O5S. The molecule has 0 radical (unpaired) electrons. The number of carbonyl (C=O) groups excluding carboxylic acids is 1. The van der Waals surface area contributed by atoms with E-state index in [4.69, 9.17) is 9.47 Å². The number of carbonyl (C=O) groups is 2. The van der Waals surface area contributed by atoms with Crippen LogP contribution in [0.25, 0.3) is 6.08 Å². The maximum Gasteiger partial charge on any atom is 0.335 e. The summed E-state index contributed by atoms with van der Waals surface area (Å²) in [5.41, 5.74) is 2.01. The molecule has 1 amide bonds. The number of benzene rings is 3. The highest BCUT2D eigenvalue weighted by Gasteiger charge is 2.32. The summed E-state index contributed by atoms with van der Waals surface area (Å²) in [6, 6.07) is 17.8. The lowest BCUT2D eigenvalue weighted by Crippen LogP contribution is -2.28. The Kier molecular flexibility index (Phi) is 8.25. The highest BCUT2D eigenvalue weighted by atomic mass is 32.2. The van der Waals surface area contributed by atoms with Gasteiger partial charge in [0.15, 0.2) is 16.7 Å². The first kappa shape index (κ1) is 26.0. The molecule has 3 aromatic carbocycles. The zero-order valence-electron chi connectivity index (χ0n) is 20.3. The van der Waals surface area contributed by atoms with Gasteiger partial charge in [0.25, 0.3) is 5.91 Å². The number of ether oxygens (including phenoxy) is 2. The molecule has 1 heterocycles. The molecule has 1 N–H and O–H groups in total. The molecule has 1 fully saturated rings. The first-order chi connectivity index (χ1) is 17.9. The number of thioether (sulfide) groups is 1. The number of hydrogen-bond acceptors (Lipinski definition) is 6. The highest BCUT2D eigenvalue weighted by Crippen LogP contribution is 2.36. The van der Waals surface area contributed by atoms with Crippen LogP contribution in [0.3, 0.4) is 0 Å². The molecule has 1 saturated heterocycles. The maximum atomic E-state index is 13.5. The summed E-state index contributed by atoms with van der Waals surface area (Å²) in [6.45, 7) is 4.72. The second-order valence-electron chi connectivity index (χ2n) is 7.97. The van der Waals surface area contributed by atoms with Crippen LogP contribution in [0.2, 0.25) is 0 Å². The van der Waals surface area contributed by atoms with Gasteiger partial charge in [0.1, 0.15) is 12.4 Å². The number of aromatic carboxylic acids is 1. The second-order valence-corrected chi connectivity index (χ2v) is 8.98. The number of halogens is 1. The zero-order chi connectivity index (χ0) is 26.4. The first-order valence-corrected chi connectivity index (χ1v) is 12.5. The van der Waals surface area contributed by atoms with Crippen molar-refractivity contribution in [2.24, 2.45) is 4.99 Å². The number of aliphatic imine (C=N–C) groups is 1. The third-order valence-electron chi connectivity index (χ3n) is 5.37. The van der Waals surface area contributed by atoms with Crippen molar-refractivity contribution in [3.05, 3.63) is 94.1 Å². The molecule has 0 spiro atoms. The summed E-state index contributed by atoms with van der Waals surface area (Å²) < 4.78 is 25.1. The monoisotopic (exact) mass is 520 g/mol. The lowest BCUT2D eigenvalue weighted by Gasteiger charge is -2.13. The fraction of sp³-hybridized carbons (Fsp3) is 0.179. The third kappa shape index (κ3) is 6.37. The van der Waals surface area contributed by atoms with Gasteiger partial charge in [-0.2, -0.15) is 0 Å². The largest absolute Gasteiger partial charge is 0.490 e.